The van der Waals surface area contributed by atoms with E-state index in [2.05, 4.69) is 10.3 Å². The minimum absolute atomic E-state index is 0.217. The number of aliphatic hydroxyl groups is 1. The number of fused-ring (bicyclic) bond motifs is 1. The number of hydrogen-bond donors (Lipinski definition) is 2. The minimum Gasteiger partial charge on any atom is -0.497 e. The number of nitrogens with zero attached hydrogens (tertiary/aromatic N) is 2. The predicted octanol–water partition coefficient (Wildman–Crippen LogP) is 2.63. The van der Waals surface area contributed by atoms with E-state index in [-0.39, 0.29) is 18.6 Å². The molecule has 1 aromatic carbocycles. The molecule has 3 heterocycles. The van der Waals surface area contributed by atoms with E-state index < -0.39 is 6.10 Å². The molecule has 0 bridgehead atoms. The van der Waals surface area contributed by atoms with E-state index in [0.717, 1.165) is 11.3 Å². The van der Waals surface area contributed by atoms with Gasteiger partial charge in [0.1, 0.15) is 11.3 Å². The maximum absolute atomic E-state index is 13.0. The van der Waals surface area contributed by atoms with Crippen LogP contribution in [-0.4, -0.2) is 53.0 Å². The maximum Gasteiger partial charge on any atom is 0.255 e. The minimum atomic E-state index is -0.725. The van der Waals surface area contributed by atoms with Gasteiger partial charge in [-0.1, -0.05) is 23.7 Å². The first-order chi connectivity index (χ1) is 14.1. The Hall–Kier alpha value is -2.61. The Balaban J connectivity index is 1.66. The summed E-state index contributed by atoms with van der Waals surface area (Å²) in [4.78, 5) is 17.3. The van der Waals surface area contributed by atoms with E-state index in [4.69, 9.17) is 21.1 Å². The molecule has 0 unspecified atom stereocenters. The van der Waals surface area contributed by atoms with E-state index in [0.29, 0.717) is 41.2 Å². The monoisotopic (exact) mass is 415 g/mol. The highest BCUT2D eigenvalue weighted by molar-refractivity contribution is 6.35. The Labute approximate surface area is 173 Å². The average molecular weight is 416 g/mol. The molecule has 2 atom stereocenters. The summed E-state index contributed by atoms with van der Waals surface area (Å²) in [5, 5.41) is 13.5. The first-order valence-corrected chi connectivity index (χ1v) is 9.77. The van der Waals surface area contributed by atoms with Crippen LogP contribution >= 0.6 is 11.6 Å². The Kier molecular flexibility index (Phi) is 5.71. The van der Waals surface area contributed by atoms with Gasteiger partial charge < -0.3 is 24.5 Å². The molecule has 4 rings (SSSR count). The maximum atomic E-state index is 13.0. The lowest BCUT2D eigenvalue weighted by atomic mass is 10.1. The van der Waals surface area contributed by atoms with Crippen LogP contribution < -0.4 is 10.1 Å². The Morgan fingerprint density at radius 2 is 2.17 bits per heavy atom. The van der Waals surface area contributed by atoms with Crippen LogP contribution in [-0.2, 0) is 11.3 Å². The molecule has 1 aliphatic rings. The topological polar surface area (TPSA) is 85.6 Å². The number of hydrogen-bond acceptors (Lipinski definition) is 5. The van der Waals surface area contributed by atoms with Crippen molar-refractivity contribution in [2.24, 2.45) is 0 Å². The fraction of sp³-hybridized carbons (Fsp3) is 0.333. The lowest BCUT2D eigenvalue weighted by molar-refractivity contribution is -0.0260. The van der Waals surface area contributed by atoms with Crippen molar-refractivity contribution >= 4 is 28.5 Å². The van der Waals surface area contributed by atoms with E-state index >= 15 is 0 Å². The number of nitrogens with one attached hydrogen (secondary N) is 1. The highest BCUT2D eigenvalue weighted by Crippen LogP contribution is 2.27. The number of carbonyl (C=O) groups is 1. The van der Waals surface area contributed by atoms with Crippen molar-refractivity contribution in [2.45, 2.75) is 25.1 Å². The summed E-state index contributed by atoms with van der Waals surface area (Å²) in [7, 11) is 1.63. The average Bonchev–Trinajstić information content (AvgIpc) is 3.10. The number of pyridine rings is 1. The van der Waals surface area contributed by atoms with Crippen molar-refractivity contribution in [1.29, 1.82) is 0 Å². The van der Waals surface area contributed by atoms with Crippen LogP contribution in [0.3, 0.4) is 0 Å². The standard InChI is InChI=1S/C21H22ClN3O4/c1-28-14-4-2-13(3-5-14)10-25-11-15(19-20(25)16(22)6-8-23-19)21(27)24-17-7-9-29-12-18(17)26/h2-6,8,11,17-18,26H,7,9-10,12H2,1H3,(H,24,27)/t17-,18-/m0/s1. The Morgan fingerprint density at radius 1 is 1.38 bits per heavy atom. The molecule has 1 aliphatic heterocycles. The molecule has 1 amide bonds. The molecule has 2 N–H and O–H groups in total. The second-order valence-corrected chi connectivity index (χ2v) is 7.43. The number of aliphatic hydroxyl groups excluding tert-OH is 1. The lowest BCUT2D eigenvalue weighted by Crippen LogP contribution is -2.48. The number of amides is 1. The highest BCUT2D eigenvalue weighted by Gasteiger charge is 2.27. The summed E-state index contributed by atoms with van der Waals surface area (Å²) in [6.45, 7) is 1.25. The molecule has 0 spiro atoms. The molecule has 1 fully saturated rings. The molecule has 0 saturated carbocycles. The number of benzene rings is 1. The van der Waals surface area contributed by atoms with Crippen molar-refractivity contribution in [3.8, 4) is 5.75 Å². The molecule has 1 saturated heterocycles. The largest absolute Gasteiger partial charge is 0.497 e. The van der Waals surface area contributed by atoms with Crippen LogP contribution in [0.4, 0.5) is 0 Å². The summed E-state index contributed by atoms with van der Waals surface area (Å²) in [6, 6.07) is 9.07. The molecule has 0 radical (unpaired) electrons. The van der Waals surface area contributed by atoms with Gasteiger partial charge in [0, 0.05) is 25.5 Å². The quantitative estimate of drug-likeness (QED) is 0.669. The van der Waals surface area contributed by atoms with Crippen LogP contribution in [0.15, 0.2) is 42.7 Å². The molecule has 29 heavy (non-hydrogen) atoms. The van der Waals surface area contributed by atoms with Gasteiger partial charge in [-0.15, -0.1) is 0 Å². The number of carbonyl (C=O) groups excluding carboxylic acids is 1. The number of aromatic nitrogens is 2. The van der Waals surface area contributed by atoms with Gasteiger partial charge in [-0.05, 0) is 30.2 Å². The fourth-order valence-electron chi connectivity index (χ4n) is 3.54. The van der Waals surface area contributed by atoms with Crippen LogP contribution in [0, 0.1) is 0 Å². The zero-order valence-corrected chi connectivity index (χ0v) is 16.7. The molecule has 3 aromatic rings. The van der Waals surface area contributed by atoms with Gasteiger partial charge in [0.05, 0.1) is 42.0 Å². The second kappa shape index (κ2) is 8.41. The molecular formula is C21H22ClN3O4. The third-order valence-corrected chi connectivity index (χ3v) is 5.41. The molecular weight excluding hydrogens is 394 g/mol. The third kappa shape index (κ3) is 4.07. The van der Waals surface area contributed by atoms with Gasteiger partial charge in [0.25, 0.3) is 5.91 Å². The molecule has 152 valence electrons. The Morgan fingerprint density at radius 3 is 2.90 bits per heavy atom. The fourth-order valence-corrected chi connectivity index (χ4v) is 3.79. The third-order valence-electron chi connectivity index (χ3n) is 5.10. The van der Waals surface area contributed by atoms with Gasteiger partial charge in [-0.25, -0.2) is 0 Å². The summed E-state index contributed by atoms with van der Waals surface area (Å²) < 4.78 is 12.4. The number of ether oxygens (including phenoxy) is 2. The zero-order chi connectivity index (χ0) is 20.4. The molecule has 7 nitrogen and oxygen atoms in total. The predicted molar refractivity (Wildman–Crippen MR) is 110 cm³/mol. The summed E-state index contributed by atoms with van der Waals surface area (Å²) >= 11 is 6.44. The number of methoxy groups -OCH3 is 1. The molecule has 2 aromatic heterocycles. The first kappa shape index (κ1) is 19.7. The van der Waals surface area contributed by atoms with Crippen LogP contribution in [0.25, 0.3) is 11.0 Å². The summed E-state index contributed by atoms with van der Waals surface area (Å²) in [5.74, 6) is 0.491. The van der Waals surface area contributed by atoms with E-state index in [1.807, 2.05) is 28.8 Å². The van der Waals surface area contributed by atoms with Gasteiger partial charge >= 0.3 is 0 Å². The van der Waals surface area contributed by atoms with Crippen molar-refractivity contribution in [3.05, 3.63) is 58.9 Å². The van der Waals surface area contributed by atoms with Crippen molar-refractivity contribution in [3.63, 3.8) is 0 Å². The van der Waals surface area contributed by atoms with Crippen LogP contribution in [0.5, 0.6) is 5.75 Å². The SMILES string of the molecule is COc1ccc(Cn2cc(C(=O)N[C@H]3CCOC[C@@H]3O)c3nccc(Cl)c32)cc1. The summed E-state index contributed by atoms with van der Waals surface area (Å²) in [6.07, 6.45) is 3.18. The molecule has 0 aliphatic carbocycles. The van der Waals surface area contributed by atoms with E-state index in [1.54, 1.807) is 25.6 Å². The normalized spacial score (nSPS) is 19.3. The van der Waals surface area contributed by atoms with Gasteiger partial charge in [-0.2, -0.15) is 0 Å². The van der Waals surface area contributed by atoms with Gasteiger partial charge in [0.15, 0.2) is 0 Å². The van der Waals surface area contributed by atoms with Gasteiger partial charge in [-0.3, -0.25) is 9.78 Å². The smallest absolute Gasteiger partial charge is 0.255 e. The van der Waals surface area contributed by atoms with Crippen molar-refractivity contribution in [2.75, 3.05) is 20.3 Å². The van der Waals surface area contributed by atoms with E-state index in [9.17, 15) is 9.90 Å². The summed E-state index contributed by atoms with van der Waals surface area (Å²) in [5.41, 5.74) is 2.69. The molecule has 8 heteroatoms. The van der Waals surface area contributed by atoms with Crippen molar-refractivity contribution in [1.82, 2.24) is 14.9 Å². The number of rotatable bonds is 5. The zero-order valence-electron chi connectivity index (χ0n) is 16.0. The Bertz CT molecular complexity index is 1020. The van der Waals surface area contributed by atoms with Crippen LogP contribution in [0.2, 0.25) is 5.02 Å². The van der Waals surface area contributed by atoms with Crippen molar-refractivity contribution < 1.29 is 19.4 Å². The first-order valence-electron chi connectivity index (χ1n) is 9.39. The van der Waals surface area contributed by atoms with Gasteiger partial charge in [0.2, 0.25) is 0 Å². The second-order valence-electron chi connectivity index (χ2n) is 7.02. The van der Waals surface area contributed by atoms with E-state index in [1.165, 1.54) is 0 Å². The number of halogens is 1. The highest BCUT2D eigenvalue weighted by atomic mass is 35.5. The lowest BCUT2D eigenvalue weighted by Gasteiger charge is -2.28. The van der Waals surface area contributed by atoms with Crippen LogP contribution in [0.1, 0.15) is 22.3 Å².